The van der Waals surface area contributed by atoms with E-state index in [1.807, 2.05) is 36.5 Å². The highest BCUT2D eigenvalue weighted by atomic mass is 32.1. The maximum Gasteiger partial charge on any atom is 0.119 e. The molecule has 24 heavy (non-hydrogen) atoms. The van der Waals surface area contributed by atoms with Crippen molar-refractivity contribution in [2.75, 3.05) is 0 Å². The van der Waals surface area contributed by atoms with Crippen LogP contribution in [0.4, 0.5) is 0 Å². The Labute approximate surface area is 146 Å². The Morgan fingerprint density at radius 1 is 1.04 bits per heavy atom. The van der Waals surface area contributed by atoms with Crippen LogP contribution in [0.1, 0.15) is 23.4 Å². The van der Waals surface area contributed by atoms with Gasteiger partial charge in [-0.3, -0.25) is 0 Å². The Balaban J connectivity index is 1.36. The van der Waals surface area contributed by atoms with Gasteiger partial charge in [0, 0.05) is 18.8 Å². The molecule has 4 rings (SSSR count). The Hall–Kier alpha value is -2.17. The Kier molecular flexibility index (Phi) is 4.58. The van der Waals surface area contributed by atoms with Crippen molar-refractivity contribution in [3.05, 3.63) is 71.4 Å². The zero-order valence-electron chi connectivity index (χ0n) is 13.4. The number of rotatable bonds is 7. The van der Waals surface area contributed by atoms with Crippen molar-refractivity contribution in [3.8, 4) is 16.2 Å². The van der Waals surface area contributed by atoms with E-state index in [-0.39, 0.29) is 0 Å². The number of nitrogens with zero attached hydrogens (tertiary/aromatic N) is 1. The summed E-state index contributed by atoms with van der Waals surface area (Å²) < 4.78 is 5.84. The second kappa shape index (κ2) is 7.16. The normalized spacial score (nSPS) is 13.8. The number of thiazole rings is 1. The first kappa shape index (κ1) is 15.4. The number of nitrogens with one attached hydrogen (secondary N) is 1. The average Bonchev–Trinajstić information content (AvgIpc) is 3.36. The summed E-state index contributed by atoms with van der Waals surface area (Å²) in [6.45, 7) is 1.48. The molecular weight excluding hydrogens is 316 g/mol. The molecule has 1 aliphatic carbocycles. The largest absolute Gasteiger partial charge is 0.489 e. The van der Waals surface area contributed by atoms with Gasteiger partial charge in [0.05, 0.1) is 4.88 Å². The zero-order valence-corrected chi connectivity index (χ0v) is 14.3. The van der Waals surface area contributed by atoms with Gasteiger partial charge in [-0.25, -0.2) is 4.98 Å². The lowest BCUT2D eigenvalue weighted by molar-refractivity contribution is 0.306. The summed E-state index contributed by atoms with van der Waals surface area (Å²) in [6.07, 6.45) is 4.58. The molecule has 0 aliphatic heterocycles. The molecule has 1 N–H and O–H groups in total. The van der Waals surface area contributed by atoms with Crippen LogP contribution >= 0.6 is 11.3 Å². The van der Waals surface area contributed by atoms with Gasteiger partial charge in [0.15, 0.2) is 0 Å². The first-order chi connectivity index (χ1) is 11.9. The molecule has 1 fully saturated rings. The van der Waals surface area contributed by atoms with Crippen LogP contribution in [0.3, 0.4) is 0 Å². The number of ether oxygens (including phenoxy) is 1. The molecule has 1 heterocycles. The Morgan fingerprint density at radius 3 is 2.58 bits per heavy atom. The quantitative estimate of drug-likeness (QED) is 0.682. The molecule has 0 spiro atoms. The molecule has 1 saturated carbocycles. The summed E-state index contributed by atoms with van der Waals surface area (Å²) in [5, 5.41) is 4.66. The van der Waals surface area contributed by atoms with E-state index >= 15 is 0 Å². The third-order valence-electron chi connectivity index (χ3n) is 4.06. The molecule has 0 bridgehead atoms. The first-order valence-corrected chi connectivity index (χ1v) is 9.14. The number of hydrogen-bond acceptors (Lipinski definition) is 4. The molecule has 0 atom stereocenters. The molecule has 122 valence electrons. The lowest BCUT2D eigenvalue weighted by Crippen LogP contribution is -2.14. The summed E-state index contributed by atoms with van der Waals surface area (Å²) in [5.41, 5.74) is 2.37. The van der Waals surface area contributed by atoms with Crippen molar-refractivity contribution < 1.29 is 4.74 Å². The van der Waals surface area contributed by atoms with Crippen molar-refractivity contribution in [3.63, 3.8) is 0 Å². The molecule has 1 aliphatic rings. The van der Waals surface area contributed by atoms with Crippen LogP contribution in [-0.4, -0.2) is 11.0 Å². The standard InChI is InChI=1S/C20H20N2OS/c1-2-4-15(5-3-1)14-23-18-10-6-16(7-11-18)19-12-22-20(24-19)13-21-17-8-9-17/h1-7,10-12,17,21H,8-9,13-14H2. The van der Waals surface area contributed by atoms with Gasteiger partial charge in [-0.05, 0) is 48.2 Å². The van der Waals surface area contributed by atoms with Gasteiger partial charge in [-0.15, -0.1) is 11.3 Å². The Morgan fingerprint density at radius 2 is 1.83 bits per heavy atom. The summed E-state index contributed by atoms with van der Waals surface area (Å²) in [4.78, 5) is 5.72. The van der Waals surface area contributed by atoms with E-state index in [0.29, 0.717) is 6.61 Å². The van der Waals surface area contributed by atoms with Gasteiger partial charge in [0.2, 0.25) is 0 Å². The lowest BCUT2D eigenvalue weighted by Gasteiger charge is -2.06. The third-order valence-corrected chi connectivity index (χ3v) is 5.11. The minimum Gasteiger partial charge on any atom is -0.489 e. The number of aromatic nitrogens is 1. The lowest BCUT2D eigenvalue weighted by atomic mass is 10.2. The molecule has 0 radical (unpaired) electrons. The highest BCUT2D eigenvalue weighted by Crippen LogP contribution is 2.28. The maximum atomic E-state index is 5.84. The van der Waals surface area contributed by atoms with Crippen molar-refractivity contribution in [2.24, 2.45) is 0 Å². The van der Waals surface area contributed by atoms with E-state index in [0.717, 1.165) is 23.3 Å². The minimum absolute atomic E-state index is 0.595. The predicted molar refractivity (Wildman–Crippen MR) is 98.2 cm³/mol. The monoisotopic (exact) mass is 336 g/mol. The van der Waals surface area contributed by atoms with Gasteiger partial charge in [-0.1, -0.05) is 30.3 Å². The molecule has 3 aromatic rings. The van der Waals surface area contributed by atoms with Crippen molar-refractivity contribution in [2.45, 2.75) is 32.0 Å². The van der Waals surface area contributed by atoms with Crippen LogP contribution in [-0.2, 0) is 13.2 Å². The van der Waals surface area contributed by atoms with Crippen molar-refractivity contribution in [1.82, 2.24) is 10.3 Å². The van der Waals surface area contributed by atoms with Crippen LogP contribution in [0.25, 0.3) is 10.4 Å². The fraction of sp³-hybridized carbons (Fsp3) is 0.250. The van der Waals surface area contributed by atoms with E-state index < -0.39 is 0 Å². The second-order valence-corrected chi connectivity index (χ2v) is 7.19. The van der Waals surface area contributed by atoms with Crippen LogP contribution in [0, 0.1) is 0 Å². The molecule has 3 nitrogen and oxygen atoms in total. The van der Waals surface area contributed by atoms with E-state index in [2.05, 4.69) is 34.6 Å². The van der Waals surface area contributed by atoms with E-state index in [1.165, 1.54) is 28.8 Å². The molecule has 0 saturated heterocycles. The highest BCUT2D eigenvalue weighted by molar-refractivity contribution is 7.15. The third kappa shape index (κ3) is 4.02. The predicted octanol–water partition coefficient (Wildman–Crippen LogP) is 4.64. The molecule has 1 aromatic heterocycles. The fourth-order valence-corrected chi connectivity index (χ4v) is 3.37. The average molecular weight is 336 g/mol. The molecule has 0 unspecified atom stereocenters. The SMILES string of the molecule is c1ccc(COc2ccc(-c3cnc(CNC4CC4)s3)cc2)cc1. The second-order valence-electron chi connectivity index (χ2n) is 6.07. The summed E-state index contributed by atoms with van der Waals surface area (Å²) in [7, 11) is 0. The molecule has 2 aromatic carbocycles. The fourth-order valence-electron chi connectivity index (χ4n) is 2.50. The van der Waals surface area contributed by atoms with Gasteiger partial charge < -0.3 is 10.1 Å². The molecular formula is C20H20N2OS. The van der Waals surface area contributed by atoms with Gasteiger partial charge >= 0.3 is 0 Å². The van der Waals surface area contributed by atoms with E-state index in [1.54, 1.807) is 11.3 Å². The van der Waals surface area contributed by atoms with Crippen LogP contribution in [0.5, 0.6) is 5.75 Å². The Bertz CT molecular complexity index is 779. The maximum absolute atomic E-state index is 5.84. The first-order valence-electron chi connectivity index (χ1n) is 8.32. The van der Waals surface area contributed by atoms with Gasteiger partial charge in [0.1, 0.15) is 17.4 Å². The zero-order chi connectivity index (χ0) is 16.2. The van der Waals surface area contributed by atoms with Crippen LogP contribution in [0.2, 0.25) is 0 Å². The van der Waals surface area contributed by atoms with Gasteiger partial charge in [-0.2, -0.15) is 0 Å². The number of benzene rings is 2. The minimum atomic E-state index is 0.595. The smallest absolute Gasteiger partial charge is 0.119 e. The summed E-state index contributed by atoms with van der Waals surface area (Å²) >= 11 is 1.76. The highest BCUT2D eigenvalue weighted by Gasteiger charge is 2.20. The topological polar surface area (TPSA) is 34.1 Å². The molecule has 4 heteroatoms. The number of hydrogen-bond donors (Lipinski definition) is 1. The summed E-state index contributed by atoms with van der Waals surface area (Å²) in [5.74, 6) is 0.891. The summed E-state index contributed by atoms with van der Waals surface area (Å²) in [6, 6.07) is 19.2. The van der Waals surface area contributed by atoms with Crippen LogP contribution < -0.4 is 10.1 Å². The molecule has 0 amide bonds. The van der Waals surface area contributed by atoms with Gasteiger partial charge in [0.25, 0.3) is 0 Å². The van der Waals surface area contributed by atoms with E-state index in [4.69, 9.17) is 4.74 Å². The van der Waals surface area contributed by atoms with Crippen LogP contribution in [0.15, 0.2) is 60.8 Å². The van der Waals surface area contributed by atoms with E-state index in [9.17, 15) is 0 Å². The van der Waals surface area contributed by atoms with Crippen molar-refractivity contribution >= 4 is 11.3 Å². The van der Waals surface area contributed by atoms with Crippen molar-refractivity contribution in [1.29, 1.82) is 0 Å².